The highest BCUT2D eigenvalue weighted by Gasteiger charge is 2.34. The van der Waals surface area contributed by atoms with Gasteiger partial charge in [0.1, 0.15) is 11.5 Å². The summed E-state index contributed by atoms with van der Waals surface area (Å²) < 4.78 is 81.2. The smallest absolute Gasteiger partial charge is 0.332 e. The lowest BCUT2D eigenvalue weighted by Crippen LogP contribution is -2.15. The van der Waals surface area contributed by atoms with E-state index < -0.39 is 30.4 Å². The predicted molar refractivity (Wildman–Crippen MR) is 99.3 cm³/mol. The second kappa shape index (κ2) is 7.39. The first-order valence-electron chi connectivity index (χ1n) is 8.99. The summed E-state index contributed by atoms with van der Waals surface area (Å²) >= 11 is 0. The van der Waals surface area contributed by atoms with Crippen LogP contribution in [-0.4, -0.2) is 16.0 Å². The highest BCUT2D eigenvalue weighted by Crippen LogP contribution is 2.38. The summed E-state index contributed by atoms with van der Waals surface area (Å²) in [6.45, 7) is 6.31. The normalized spacial score (nSPS) is 12.9. The molecule has 0 saturated carbocycles. The summed E-state index contributed by atoms with van der Waals surface area (Å²) in [4.78, 5) is 4.36. The van der Waals surface area contributed by atoms with E-state index in [1.165, 1.54) is 12.1 Å². The largest absolute Gasteiger partial charge is 0.417 e. The summed E-state index contributed by atoms with van der Waals surface area (Å²) in [6.07, 6.45) is -6.22. The molecule has 2 aromatic heterocycles. The Kier molecular flexibility index (Phi) is 5.40. The van der Waals surface area contributed by atoms with E-state index in [4.69, 9.17) is 0 Å². The molecule has 0 amide bonds. The number of rotatable bonds is 4. The van der Waals surface area contributed by atoms with Crippen LogP contribution in [0.1, 0.15) is 31.9 Å². The zero-order valence-electron chi connectivity index (χ0n) is 16.1. The van der Waals surface area contributed by atoms with Crippen LogP contribution in [0.15, 0.2) is 36.5 Å². The van der Waals surface area contributed by atoms with Gasteiger partial charge in [0.05, 0.1) is 11.3 Å². The van der Waals surface area contributed by atoms with Gasteiger partial charge in [-0.15, -0.1) is 0 Å². The standard InChI is InChI=1S/C21H20F6N2/c1-20(2,3)11-29-10-12(8-18(23)24)14-6-7-17(28-19(14)29)15-5-4-13(22)9-16(15)21(25,26)27/h4-7,9-10,18H,8,11H2,1-3H3. The molecule has 0 fully saturated rings. The second-order valence-electron chi connectivity index (χ2n) is 8.19. The van der Waals surface area contributed by atoms with E-state index in [2.05, 4.69) is 4.98 Å². The van der Waals surface area contributed by atoms with Crippen LogP contribution in [0.2, 0.25) is 0 Å². The average molecular weight is 414 g/mol. The van der Waals surface area contributed by atoms with Gasteiger partial charge in [-0.2, -0.15) is 13.2 Å². The Labute approximate surface area is 164 Å². The van der Waals surface area contributed by atoms with E-state index >= 15 is 0 Å². The van der Waals surface area contributed by atoms with Gasteiger partial charge in [-0.1, -0.05) is 20.8 Å². The molecule has 29 heavy (non-hydrogen) atoms. The van der Waals surface area contributed by atoms with Gasteiger partial charge in [-0.3, -0.25) is 0 Å². The van der Waals surface area contributed by atoms with Gasteiger partial charge in [-0.05, 0) is 41.3 Å². The Morgan fingerprint density at radius 3 is 2.31 bits per heavy atom. The molecule has 2 heterocycles. The Bertz CT molecular complexity index is 1030. The van der Waals surface area contributed by atoms with Crippen LogP contribution >= 0.6 is 0 Å². The monoisotopic (exact) mass is 414 g/mol. The fourth-order valence-electron chi connectivity index (χ4n) is 3.32. The molecule has 0 aliphatic heterocycles. The summed E-state index contributed by atoms with van der Waals surface area (Å²) in [5.74, 6) is -1.00. The summed E-state index contributed by atoms with van der Waals surface area (Å²) in [6, 6.07) is 5.24. The van der Waals surface area contributed by atoms with E-state index in [1.807, 2.05) is 20.8 Å². The van der Waals surface area contributed by atoms with Crippen LogP contribution in [0.25, 0.3) is 22.3 Å². The topological polar surface area (TPSA) is 17.8 Å². The van der Waals surface area contributed by atoms with E-state index in [0.29, 0.717) is 29.2 Å². The number of benzene rings is 1. The maximum absolute atomic E-state index is 13.4. The summed E-state index contributed by atoms with van der Waals surface area (Å²) in [7, 11) is 0. The van der Waals surface area contributed by atoms with Gasteiger partial charge >= 0.3 is 6.18 Å². The van der Waals surface area contributed by atoms with Gasteiger partial charge in [-0.25, -0.2) is 18.2 Å². The van der Waals surface area contributed by atoms with Crippen molar-refractivity contribution in [1.82, 2.24) is 9.55 Å². The molecule has 1 aromatic carbocycles. The lowest BCUT2D eigenvalue weighted by molar-refractivity contribution is -0.137. The van der Waals surface area contributed by atoms with Crippen molar-refractivity contribution in [3.8, 4) is 11.3 Å². The molecule has 0 aliphatic rings. The minimum absolute atomic E-state index is 0.00156. The molecular formula is C21H20F6N2. The third kappa shape index (κ3) is 4.74. The Morgan fingerprint density at radius 2 is 1.72 bits per heavy atom. The molecule has 0 atom stereocenters. The molecule has 0 unspecified atom stereocenters. The molecule has 0 N–H and O–H groups in total. The molecule has 156 valence electrons. The zero-order chi connectivity index (χ0) is 21.6. The van der Waals surface area contributed by atoms with Gasteiger partial charge in [0.15, 0.2) is 0 Å². The van der Waals surface area contributed by atoms with Crippen LogP contribution in [0.4, 0.5) is 26.3 Å². The van der Waals surface area contributed by atoms with Crippen LogP contribution < -0.4 is 0 Å². The molecule has 0 bridgehead atoms. The SMILES string of the molecule is CC(C)(C)Cn1cc(CC(F)F)c2ccc(-c3ccc(F)cc3C(F)(F)F)nc21. The summed E-state index contributed by atoms with van der Waals surface area (Å²) in [5.41, 5.74) is -0.898. The quantitative estimate of drug-likeness (QED) is 0.434. The Balaban J connectivity index is 2.21. The molecule has 3 rings (SSSR count). The van der Waals surface area contributed by atoms with Crippen molar-refractivity contribution in [3.63, 3.8) is 0 Å². The Hall–Kier alpha value is -2.51. The van der Waals surface area contributed by atoms with Crippen molar-refractivity contribution in [3.05, 3.63) is 53.5 Å². The average Bonchev–Trinajstić information content (AvgIpc) is 2.88. The molecule has 8 heteroatoms. The molecule has 0 aliphatic carbocycles. The molecule has 0 spiro atoms. The minimum Gasteiger partial charge on any atom is -0.332 e. The fraction of sp³-hybridized carbons (Fsp3) is 0.381. The molecule has 0 radical (unpaired) electrons. The molecule has 2 nitrogen and oxygen atoms in total. The Morgan fingerprint density at radius 1 is 1.03 bits per heavy atom. The van der Waals surface area contributed by atoms with Crippen molar-refractivity contribution >= 4 is 11.0 Å². The number of hydrogen-bond donors (Lipinski definition) is 0. The van der Waals surface area contributed by atoms with E-state index in [-0.39, 0.29) is 16.7 Å². The van der Waals surface area contributed by atoms with Crippen molar-refractivity contribution in [2.24, 2.45) is 5.41 Å². The van der Waals surface area contributed by atoms with Crippen LogP contribution in [0.3, 0.4) is 0 Å². The van der Waals surface area contributed by atoms with Crippen molar-refractivity contribution in [1.29, 1.82) is 0 Å². The van der Waals surface area contributed by atoms with Crippen molar-refractivity contribution < 1.29 is 26.3 Å². The first-order chi connectivity index (χ1) is 13.3. The van der Waals surface area contributed by atoms with Gasteiger partial charge in [0.25, 0.3) is 0 Å². The van der Waals surface area contributed by atoms with Crippen LogP contribution in [0, 0.1) is 11.2 Å². The molecule has 3 aromatic rings. The van der Waals surface area contributed by atoms with Gasteiger partial charge in [0.2, 0.25) is 6.43 Å². The van der Waals surface area contributed by atoms with E-state index in [9.17, 15) is 26.3 Å². The highest BCUT2D eigenvalue weighted by molar-refractivity contribution is 5.83. The third-order valence-electron chi connectivity index (χ3n) is 4.39. The number of alkyl halides is 5. The maximum atomic E-state index is 13.4. The summed E-state index contributed by atoms with van der Waals surface area (Å²) in [5, 5.41) is 0.467. The number of halogens is 6. The highest BCUT2D eigenvalue weighted by atomic mass is 19.4. The predicted octanol–water partition coefficient (Wildman–Crippen LogP) is 6.71. The fourth-order valence-corrected chi connectivity index (χ4v) is 3.32. The van der Waals surface area contributed by atoms with Crippen LogP contribution in [0.5, 0.6) is 0 Å². The van der Waals surface area contributed by atoms with Crippen LogP contribution in [-0.2, 0) is 19.1 Å². The third-order valence-corrected chi connectivity index (χ3v) is 4.39. The number of nitrogens with zero attached hydrogens (tertiary/aromatic N) is 2. The first-order valence-corrected chi connectivity index (χ1v) is 8.99. The van der Waals surface area contributed by atoms with Gasteiger partial charge in [0, 0.05) is 30.1 Å². The van der Waals surface area contributed by atoms with Gasteiger partial charge < -0.3 is 4.57 Å². The number of fused-ring (bicyclic) bond motifs is 1. The number of aromatic nitrogens is 2. The maximum Gasteiger partial charge on any atom is 0.417 e. The minimum atomic E-state index is -4.76. The first kappa shape index (κ1) is 21.2. The van der Waals surface area contributed by atoms with E-state index in [0.717, 1.165) is 12.1 Å². The lowest BCUT2D eigenvalue weighted by Gasteiger charge is -2.19. The van der Waals surface area contributed by atoms with Crippen molar-refractivity contribution in [2.45, 2.75) is 46.3 Å². The second-order valence-corrected chi connectivity index (χ2v) is 8.19. The van der Waals surface area contributed by atoms with E-state index in [1.54, 1.807) is 10.8 Å². The molecular weight excluding hydrogens is 394 g/mol. The lowest BCUT2D eigenvalue weighted by atomic mass is 9.97. The number of hydrogen-bond acceptors (Lipinski definition) is 1. The molecule has 0 saturated heterocycles. The van der Waals surface area contributed by atoms with Crippen molar-refractivity contribution in [2.75, 3.05) is 0 Å². The zero-order valence-corrected chi connectivity index (χ0v) is 16.1. The number of pyridine rings is 1.